The molecule has 2 amide bonds. The standard InChI is InChI=1S/C13H18N2O5S/c1-8-5-6-21-10(8)7-14-13(19)15-9(12(17)18)3-4-11(16)20-2/h5-6,9H,3-4,7H2,1-2H3,(H,17,18)(H2,14,15,19)/t9-/m0/s1. The second kappa shape index (κ2) is 8.25. The minimum absolute atomic E-state index is 0.0204. The molecule has 0 aliphatic heterocycles. The largest absolute Gasteiger partial charge is 0.480 e. The first-order valence-corrected chi connectivity index (χ1v) is 7.19. The van der Waals surface area contributed by atoms with Crippen molar-refractivity contribution in [2.75, 3.05) is 7.11 Å². The van der Waals surface area contributed by atoms with Gasteiger partial charge in [-0.2, -0.15) is 0 Å². The summed E-state index contributed by atoms with van der Waals surface area (Å²) in [6.07, 6.45) is -0.0920. The number of aryl methyl sites for hydroxylation is 1. The predicted molar refractivity (Wildman–Crippen MR) is 77.1 cm³/mol. The van der Waals surface area contributed by atoms with E-state index in [1.807, 2.05) is 18.4 Å². The number of ether oxygens (including phenoxy) is 1. The lowest BCUT2D eigenvalue weighted by atomic mass is 10.1. The van der Waals surface area contributed by atoms with E-state index in [1.165, 1.54) is 18.4 Å². The summed E-state index contributed by atoms with van der Waals surface area (Å²) >= 11 is 1.51. The van der Waals surface area contributed by atoms with Crippen LogP contribution in [0.5, 0.6) is 0 Å². The second-order valence-electron chi connectivity index (χ2n) is 4.36. The minimum Gasteiger partial charge on any atom is -0.480 e. The summed E-state index contributed by atoms with van der Waals surface area (Å²) in [4.78, 5) is 34.7. The van der Waals surface area contributed by atoms with Gasteiger partial charge < -0.3 is 20.5 Å². The van der Waals surface area contributed by atoms with Crippen LogP contribution in [0.25, 0.3) is 0 Å². The molecule has 1 aromatic rings. The van der Waals surface area contributed by atoms with Gasteiger partial charge in [-0.25, -0.2) is 9.59 Å². The molecule has 0 aliphatic rings. The molecule has 116 valence electrons. The Morgan fingerprint density at radius 3 is 2.67 bits per heavy atom. The zero-order valence-corrected chi connectivity index (χ0v) is 12.7. The number of urea groups is 1. The van der Waals surface area contributed by atoms with Crippen LogP contribution in [0.1, 0.15) is 23.3 Å². The van der Waals surface area contributed by atoms with Gasteiger partial charge in [-0.05, 0) is 30.4 Å². The lowest BCUT2D eigenvalue weighted by Gasteiger charge is -2.14. The zero-order valence-electron chi connectivity index (χ0n) is 11.8. The van der Waals surface area contributed by atoms with E-state index in [9.17, 15) is 14.4 Å². The van der Waals surface area contributed by atoms with Gasteiger partial charge in [0.1, 0.15) is 6.04 Å². The molecule has 0 saturated carbocycles. The molecule has 1 aromatic heterocycles. The number of carbonyl (C=O) groups excluding carboxylic acids is 2. The van der Waals surface area contributed by atoms with E-state index in [4.69, 9.17) is 5.11 Å². The Kier molecular flexibility index (Phi) is 6.67. The Morgan fingerprint density at radius 2 is 2.14 bits per heavy atom. The third-order valence-corrected chi connectivity index (χ3v) is 3.87. The molecular weight excluding hydrogens is 296 g/mol. The van der Waals surface area contributed by atoms with Gasteiger partial charge in [0.15, 0.2) is 0 Å². The van der Waals surface area contributed by atoms with E-state index in [0.717, 1.165) is 10.4 Å². The summed E-state index contributed by atoms with van der Waals surface area (Å²) in [7, 11) is 1.22. The lowest BCUT2D eigenvalue weighted by Crippen LogP contribution is -2.46. The Balaban J connectivity index is 2.43. The first-order valence-electron chi connectivity index (χ1n) is 6.31. The van der Waals surface area contributed by atoms with Crippen LogP contribution in [0.2, 0.25) is 0 Å². The van der Waals surface area contributed by atoms with Gasteiger partial charge >= 0.3 is 18.0 Å². The van der Waals surface area contributed by atoms with Gasteiger partial charge in [0, 0.05) is 11.3 Å². The van der Waals surface area contributed by atoms with Gasteiger partial charge in [0.25, 0.3) is 0 Å². The van der Waals surface area contributed by atoms with Crippen LogP contribution in [0.3, 0.4) is 0 Å². The third kappa shape index (κ3) is 5.82. The molecule has 0 saturated heterocycles. The Labute approximate surface area is 126 Å². The van der Waals surface area contributed by atoms with Crippen molar-refractivity contribution in [1.29, 1.82) is 0 Å². The van der Waals surface area contributed by atoms with E-state index in [1.54, 1.807) is 0 Å². The number of hydrogen-bond donors (Lipinski definition) is 3. The summed E-state index contributed by atoms with van der Waals surface area (Å²) < 4.78 is 4.44. The molecule has 0 spiro atoms. The van der Waals surface area contributed by atoms with Crippen molar-refractivity contribution >= 4 is 29.3 Å². The Morgan fingerprint density at radius 1 is 1.43 bits per heavy atom. The maximum atomic E-state index is 11.7. The van der Waals surface area contributed by atoms with Crippen molar-refractivity contribution in [1.82, 2.24) is 10.6 Å². The molecule has 0 bridgehead atoms. The van der Waals surface area contributed by atoms with E-state index in [0.29, 0.717) is 6.54 Å². The fraction of sp³-hybridized carbons (Fsp3) is 0.462. The molecule has 0 aromatic carbocycles. The molecule has 1 heterocycles. The van der Waals surface area contributed by atoms with Crippen molar-refractivity contribution in [3.63, 3.8) is 0 Å². The summed E-state index contributed by atoms with van der Waals surface area (Å²) in [6, 6.07) is 0.226. The van der Waals surface area contributed by atoms with Crippen LogP contribution in [-0.2, 0) is 20.9 Å². The first-order chi connectivity index (χ1) is 9.93. The average Bonchev–Trinajstić information content (AvgIpc) is 2.85. The number of methoxy groups -OCH3 is 1. The molecule has 3 N–H and O–H groups in total. The highest BCUT2D eigenvalue weighted by atomic mass is 32.1. The minimum atomic E-state index is -1.19. The second-order valence-corrected chi connectivity index (χ2v) is 5.36. The zero-order chi connectivity index (χ0) is 15.8. The Hall–Kier alpha value is -2.09. The van der Waals surface area contributed by atoms with Crippen LogP contribution >= 0.6 is 11.3 Å². The quantitative estimate of drug-likeness (QED) is 0.657. The number of carboxylic acid groups (broad SMARTS) is 1. The van der Waals surface area contributed by atoms with Crippen molar-refractivity contribution in [3.05, 3.63) is 21.9 Å². The SMILES string of the molecule is COC(=O)CC[C@H](NC(=O)NCc1sccc1C)C(=O)O. The van der Waals surface area contributed by atoms with Crippen LogP contribution in [0, 0.1) is 6.92 Å². The molecule has 0 aliphatic carbocycles. The number of aliphatic carboxylic acids is 1. The van der Waals surface area contributed by atoms with E-state index < -0.39 is 24.0 Å². The number of amides is 2. The average molecular weight is 314 g/mol. The molecule has 1 rings (SSSR count). The number of esters is 1. The molecule has 0 unspecified atom stereocenters. The van der Waals surface area contributed by atoms with Crippen molar-refractivity contribution in [2.45, 2.75) is 32.4 Å². The summed E-state index contributed by atoms with van der Waals surface area (Å²) in [5.41, 5.74) is 1.07. The summed E-state index contributed by atoms with van der Waals surface area (Å²) in [5, 5.41) is 15.8. The maximum Gasteiger partial charge on any atom is 0.326 e. The number of hydrogen-bond acceptors (Lipinski definition) is 5. The van der Waals surface area contributed by atoms with Crippen LogP contribution in [-0.4, -0.2) is 36.2 Å². The third-order valence-electron chi connectivity index (χ3n) is 2.85. The molecule has 0 fully saturated rings. The fourth-order valence-corrected chi connectivity index (χ4v) is 2.42. The van der Waals surface area contributed by atoms with Gasteiger partial charge in [0.2, 0.25) is 0 Å². The van der Waals surface area contributed by atoms with E-state index >= 15 is 0 Å². The molecule has 7 nitrogen and oxygen atoms in total. The van der Waals surface area contributed by atoms with Crippen molar-refractivity contribution in [2.24, 2.45) is 0 Å². The fourth-order valence-electron chi connectivity index (χ4n) is 1.58. The monoisotopic (exact) mass is 314 g/mol. The number of nitrogens with one attached hydrogen (secondary N) is 2. The topological polar surface area (TPSA) is 105 Å². The van der Waals surface area contributed by atoms with Crippen LogP contribution < -0.4 is 10.6 Å². The van der Waals surface area contributed by atoms with Crippen molar-refractivity contribution in [3.8, 4) is 0 Å². The highest BCUT2D eigenvalue weighted by Gasteiger charge is 2.21. The van der Waals surface area contributed by atoms with Gasteiger partial charge in [0.05, 0.1) is 13.7 Å². The molecule has 0 radical (unpaired) electrons. The summed E-state index contributed by atoms with van der Waals surface area (Å²) in [6.45, 7) is 2.26. The molecular formula is C13H18N2O5S. The van der Waals surface area contributed by atoms with Crippen LogP contribution in [0.15, 0.2) is 11.4 Å². The Bertz CT molecular complexity index is 514. The smallest absolute Gasteiger partial charge is 0.326 e. The molecule has 21 heavy (non-hydrogen) atoms. The van der Waals surface area contributed by atoms with Gasteiger partial charge in [-0.3, -0.25) is 4.79 Å². The number of carbonyl (C=O) groups is 3. The highest BCUT2D eigenvalue weighted by Crippen LogP contribution is 2.14. The highest BCUT2D eigenvalue weighted by molar-refractivity contribution is 7.10. The van der Waals surface area contributed by atoms with Crippen LogP contribution in [0.4, 0.5) is 4.79 Å². The predicted octanol–water partition coefficient (Wildman–Crippen LogP) is 1.26. The summed E-state index contributed by atoms with van der Waals surface area (Å²) in [5.74, 6) is -1.71. The lowest BCUT2D eigenvalue weighted by molar-refractivity contribution is -0.142. The number of rotatable bonds is 7. The first kappa shape index (κ1) is 17.0. The normalized spacial score (nSPS) is 11.5. The molecule has 1 atom stereocenters. The van der Waals surface area contributed by atoms with Gasteiger partial charge in [-0.1, -0.05) is 0 Å². The maximum absolute atomic E-state index is 11.7. The van der Waals surface area contributed by atoms with E-state index in [-0.39, 0.29) is 12.8 Å². The molecule has 8 heteroatoms. The van der Waals surface area contributed by atoms with E-state index in [2.05, 4.69) is 15.4 Å². The van der Waals surface area contributed by atoms with Crippen molar-refractivity contribution < 1.29 is 24.2 Å². The number of thiophene rings is 1. The number of carboxylic acids is 1. The van der Waals surface area contributed by atoms with Gasteiger partial charge in [-0.15, -0.1) is 11.3 Å².